The van der Waals surface area contributed by atoms with Crippen LogP contribution in [0.3, 0.4) is 0 Å². The second kappa shape index (κ2) is 9.46. The van der Waals surface area contributed by atoms with E-state index >= 15 is 0 Å². The van der Waals surface area contributed by atoms with Crippen molar-refractivity contribution in [2.45, 2.75) is 19.4 Å². The van der Waals surface area contributed by atoms with E-state index in [1.165, 1.54) is 0 Å². The van der Waals surface area contributed by atoms with Crippen molar-refractivity contribution < 1.29 is 14.3 Å². The molecule has 3 aromatic carbocycles. The second-order valence-corrected chi connectivity index (χ2v) is 6.41. The second-order valence-electron chi connectivity index (χ2n) is 6.41. The zero-order chi connectivity index (χ0) is 19.8. The summed E-state index contributed by atoms with van der Waals surface area (Å²) in [6, 6.07) is 22.8. The van der Waals surface area contributed by atoms with E-state index in [1.807, 2.05) is 60.7 Å². The maximum atomic E-state index is 12.0. The molecule has 3 aromatic rings. The van der Waals surface area contributed by atoms with Gasteiger partial charge < -0.3 is 20.5 Å². The lowest BCUT2D eigenvalue weighted by atomic mass is 10.1. The summed E-state index contributed by atoms with van der Waals surface area (Å²) in [7, 11) is 1.65. The molecule has 5 nitrogen and oxygen atoms in total. The van der Waals surface area contributed by atoms with Crippen molar-refractivity contribution >= 4 is 17.3 Å². The number of carbonyl (C=O) groups is 1. The lowest BCUT2D eigenvalue weighted by Gasteiger charge is -2.11. The van der Waals surface area contributed by atoms with Crippen LogP contribution in [0.2, 0.25) is 0 Å². The number of methoxy groups -OCH3 is 1. The molecule has 0 fully saturated rings. The number of esters is 1. The third-order valence-corrected chi connectivity index (χ3v) is 4.35. The van der Waals surface area contributed by atoms with Gasteiger partial charge in [-0.15, -0.1) is 0 Å². The van der Waals surface area contributed by atoms with Crippen LogP contribution in [0.1, 0.15) is 17.5 Å². The summed E-state index contributed by atoms with van der Waals surface area (Å²) in [5.41, 5.74) is 9.81. The number of ether oxygens (including phenoxy) is 2. The minimum Gasteiger partial charge on any atom is -0.497 e. The first-order valence-corrected chi connectivity index (χ1v) is 9.15. The minimum atomic E-state index is -0.258. The Balaban J connectivity index is 1.51. The van der Waals surface area contributed by atoms with E-state index in [-0.39, 0.29) is 5.97 Å². The molecule has 0 radical (unpaired) electrons. The predicted octanol–water partition coefficient (Wildman–Crippen LogP) is 4.43. The quantitative estimate of drug-likeness (QED) is 0.346. The highest BCUT2D eigenvalue weighted by Gasteiger charge is 2.07. The SMILES string of the molecule is COc1ccc(CNc2ccc(CCC(=O)Oc3ccccc3)cc2N)cc1. The number of anilines is 2. The van der Waals surface area contributed by atoms with Gasteiger partial charge in [0.05, 0.1) is 18.5 Å². The monoisotopic (exact) mass is 376 g/mol. The molecule has 28 heavy (non-hydrogen) atoms. The molecule has 0 aliphatic rings. The topological polar surface area (TPSA) is 73.6 Å². The molecule has 0 amide bonds. The highest BCUT2D eigenvalue weighted by Crippen LogP contribution is 2.22. The zero-order valence-corrected chi connectivity index (χ0v) is 15.9. The highest BCUT2D eigenvalue weighted by molar-refractivity contribution is 5.73. The number of rotatable bonds is 8. The van der Waals surface area contributed by atoms with E-state index in [1.54, 1.807) is 19.2 Å². The largest absolute Gasteiger partial charge is 0.497 e. The number of carbonyl (C=O) groups excluding carboxylic acids is 1. The molecule has 0 heterocycles. The van der Waals surface area contributed by atoms with Gasteiger partial charge in [-0.3, -0.25) is 4.79 Å². The fourth-order valence-corrected chi connectivity index (χ4v) is 2.79. The molecule has 0 saturated carbocycles. The van der Waals surface area contributed by atoms with Crippen molar-refractivity contribution in [3.8, 4) is 11.5 Å². The third-order valence-electron chi connectivity index (χ3n) is 4.35. The molecular formula is C23H24N2O3. The Labute approximate surface area is 165 Å². The van der Waals surface area contributed by atoms with Gasteiger partial charge in [-0.05, 0) is 53.9 Å². The molecule has 0 spiro atoms. The molecule has 3 N–H and O–H groups in total. The van der Waals surface area contributed by atoms with Gasteiger partial charge in [0.25, 0.3) is 0 Å². The summed E-state index contributed by atoms with van der Waals surface area (Å²) in [5, 5.41) is 3.33. The Morgan fingerprint density at radius 3 is 2.32 bits per heavy atom. The zero-order valence-electron chi connectivity index (χ0n) is 15.9. The molecule has 0 atom stereocenters. The number of para-hydroxylation sites is 1. The minimum absolute atomic E-state index is 0.258. The standard InChI is InChI=1S/C23H24N2O3/c1-27-19-11-7-18(8-12-19)16-25-22-13-9-17(15-21(22)24)10-14-23(26)28-20-5-3-2-4-6-20/h2-9,11-13,15,25H,10,14,16,24H2,1H3. The summed E-state index contributed by atoms with van der Waals surface area (Å²) in [6.45, 7) is 0.664. The average Bonchev–Trinajstić information content (AvgIpc) is 2.72. The van der Waals surface area contributed by atoms with Crippen molar-refractivity contribution in [3.63, 3.8) is 0 Å². The van der Waals surface area contributed by atoms with Gasteiger partial charge in [-0.25, -0.2) is 0 Å². The Morgan fingerprint density at radius 2 is 1.64 bits per heavy atom. The first-order valence-electron chi connectivity index (χ1n) is 9.15. The molecule has 0 aromatic heterocycles. The summed E-state index contributed by atoms with van der Waals surface area (Å²) in [4.78, 5) is 12.0. The number of aryl methyl sites for hydroxylation is 1. The molecule has 0 bridgehead atoms. The number of nitrogens with two attached hydrogens (primary N) is 1. The Morgan fingerprint density at radius 1 is 0.929 bits per heavy atom. The van der Waals surface area contributed by atoms with Gasteiger partial charge in [0.2, 0.25) is 0 Å². The summed E-state index contributed by atoms with van der Waals surface area (Å²) in [6.07, 6.45) is 0.877. The van der Waals surface area contributed by atoms with Crippen LogP contribution >= 0.6 is 0 Å². The van der Waals surface area contributed by atoms with Gasteiger partial charge in [0, 0.05) is 13.0 Å². The summed E-state index contributed by atoms with van der Waals surface area (Å²) >= 11 is 0. The summed E-state index contributed by atoms with van der Waals surface area (Å²) in [5.74, 6) is 1.13. The Hall–Kier alpha value is -3.47. The lowest BCUT2D eigenvalue weighted by Crippen LogP contribution is -2.09. The molecular weight excluding hydrogens is 352 g/mol. The van der Waals surface area contributed by atoms with Gasteiger partial charge in [-0.2, -0.15) is 0 Å². The van der Waals surface area contributed by atoms with Gasteiger partial charge in [0.15, 0.2) is 0 Å². The van der Waals surface area contributed by atoms with Gasteiger partial charge >= 0.3 is 5.97 Å². The number of hydrogen-bond donors (Lipinski definition) is 2. The first-order chi connectivity index (χ1) is 13.6. The lowest BCUT2D eigenvalue weighted by molar-refractivity contribution is -0.134. The molecule has 3 rings (SSSR count). The number of benzene rings is 3. The van der Waals surface area contributed by atoms with Crippen LogP contribution in [0.5, 0.6) is 11.5 Å². The predicted molar refractivity (Wildman–Crippen MR) is 112 cm³/mol. The van der Waals surface area contributed by atoms with Gasteiger partial charge in [-0.1, -0.05) is 36.4 Å². The molecule has 0 saturated heterocycles. The molecule has 0 aliphatic heterocycles. The van der Waals surface area contributed by atoms with Gasteiger partial charge in [0.1, 0.15) is 11.5 Å². The van der Waals surface area contributed by atoms with E-state index in [2.05, 4.69) is 5.32 Å². The Bertz CT molecular complexity index is 909. The van der Waals surface area contributed by atoms with E-state index in [0.717, 1.165) is 22.6 Å². The molecule has 0 unspecified atom stereocenters. The summed E-state index contributed by atoms with van der Waals surface area (Å²) < 4.78 is 10.5. The highest BCUT2D eigenvalue weighted by atomic mass is 16.5. The van der Waals surface area contributed by atoms with Crippen LogP contribution in [0.25, 0.3) is 0 Å². The van der Waals surface area contributed by atoms with Crippen LogP contribution in [-0.4, -0.2) is 13.1 Å². The molecule has 5 heteroatoms. The maximum Gasteiger partial charge on any atom is 0.311 e. The smallest absolute Gasteiger partial charge is 0.311 e. The van der Waals surface area contributed by atoms with Crippen molar-refractivity contribution in [1.82, 2.24) is 0 Å². The van der Waals surface area contributed by atoms with Crippen molar-refractivity contribution in [3.05, 3.63) is 83.9 Å². The van der Waals surface area contributed by atoms with Crippen molar-refractivity contribution in [1.29, 1.82) is 0 Å². The van der Waals surface area contributed by atoms with Crippen LogP contribution in [0.15, 0.2) is 72.8 Å². The maximum absolute atomic E-state index is 12.0. The normalized spacial score (nSPS) is 10.3. The van der Waals surface area contributed by atoms with E-state index < -0.39 is 0 Å². The number of nitrogen functional groups attached to an aromatic ring is 1. The fourth-order valence-electron chi connectivity index (χ4n) is 2.79. The van der Waals surface area contributed by atoms with Crippen LogP contribution in [0, 0.1) is 0 Å². The number of nitrogens with one attached hydrogen (secondary N) is 1. The number of hydrogen-bond acceptors (Lipinski definition) is 5. The van der Waals surface area contributed by atoms with Crippen LogP contribution < -0.4 is 20.5 Å². The van der Waals surface area contributed by atoms with E-state index in [0.29, 0.717) is 30.8 Å². The average molecular weight is 376 g/mol. The van der Waals surface area contributed by atoms with Crippen LogP contribution in [0.4, 0.5) is 11.4 Å². The van der Waals surface area contributed by atoms with Crippen molar-refractivity contribution in [2.75, 3.05) is 18.2 Å². The first kappa shape index (κ1) is 19.3. The van der Waals surface area contributed by atoms with E-state index in [4.69, 9.17) is 15.2 Å². The van der Waals surface area contributed by atoms with Crippen molar-refractivity contribution in [2.24, 2.45) is 0 Å². The fraction of sp³-hybridized carbons (Fsp3) is 0.174. The van der Waals surface area contributed by atoms with E-state index in [9.17, 15) is 4.79 Å². The third kappa shape index (κ3) is 5.51. The Kier molecular flexibility index (Phi) is 6.52. The molecule has 144 valence electrons. The van der Waals surface area contributed by atoms with Crippen LogP contribution in [-0.2, 0) is 17.8 Å². The molecule has 0 aliphatic carbocycles.